The molecule has 0 fully saturated rings. The van der Waals surface area contributed by atoms with Crippen LogP contribution in [0.15, 0.2) is 16.7 Å². The van der Waals surface area contributed by atoms with Crippen molar-refractivity contribution < 1.29 is 0 Å². The van der Waals surface area contributed by atoms with Crippen LogP contribution in [0.2, 0.25) is 0 Å². The Morgan fingerprint density at radius 2 is 2.45 bits per heavy atom. The van der Waals surface area contributed by atoms with E-state index in [1.54, 1.807) is 6.20 Å². The monoisotopic (exact) mass is 210 g/mol. The number of halogens is 1. The van der Waals surface area contributed by atoms with Gasteiger partial charge in [-0.25, -0.2) is 0 Å². The Kier molecular flexibility index (Phi) is 2.61. The molecule has 0 spiro atoms. The first-order chi connectivity index (χ1) is 5.24. The summed E-state index contributed by atoms with van der Waals surface area (Å²) in [7, 11) is 0. The molecular weight excluding hydrogens is 204 g/mol. The molecule has 0 unspecified atom stereocenters. The molecule has 1 aromatic heterocycles. The Balaban J connectivity index is 2.98. The van der Waals surface area contributed by atoms with E-state index >= 15 is 0 Å². The lowest BCUT2D eigenvalue weighted by atomic mass is 10.2. The van der Waals surface area contributed by atoms with Crippen LogP contribution in [0, 0.1) is 18.3 Å². The molecular formula is C8H7BrN2. The minimum atomic E-state index is 0.422. The largest absolute Gasteiger partial charge is 0.260 e. The average molecular weight is 211 g/mol. The Hall–Kier alpha value is -0.880. The van der Waals surface area contributed by atoms with Gasteiger partial charge in [-0.05, 0) is 34.5 Å². The SMILES string of the molecule is Cc1ncc(CC#N)cc1Br. The molecule has 0 saturated carbocycles. The molecule has 0 aliphatic heterocycles. The van der Waals surface area contributed by atoms with E-state index < -0.39 is 0 Å². The second-order valence-corrected chi connectivity index (χ2v) is 3.10. The van der Waals surface area contributed by atoms with Crippen LogP contribution >= 0.6 is 15.9 Å². The standard InChI is InChI=1S/C8H7BrN2/c1-6-8(9)4-7(2-3-10)5-11-6/h4-5H,2H2,1H3. The molecule has 1 heterocycles. The van der Waals surface area contributed by atoms with Gasteiger partial charge in [-0.3, -0.25) is 4.98 Å². The first-order valence-electron chi connectivity index (χ1n) is 3.22. The van der Waals surface area contributed by atoms with Crippen molar-refractivity contribution in [1.82, 2.24) is 4.98 Å². The van der Waals surface area contributed by atoms with Gasteiger partial charge < -0.3 is 0 Å². The number of rotatable bonds is 1. The maximum Gasteiger partial charge on any atom is 0.0670 e. The van der Waals surface area contributed by atoms with E-state index in [9.17, 15) is 0 Å². The van der Waals surface area contributed by atoms with Crippen LogP contribution in [-0.2, 0) is 6.42 Å². The van der Waals surface area contributed by atoms with Crippen LogP contribution in [0.3, 0.4) is 0 Å². The number of hydrogen-bond acceptors (Lipinski definition) is 2. The van der Waals surface area contributed by atoms with Crippen LogP contribution in [-0.4, -0.2) is 4.98 Å². The van der Waals surface area contributed by atoms with Gasteiger partial charge in [0.2, 0.25) is 0 Å². The van der Waals surface area contributed by atoms with E-state index in [4.69, 9.17) is 5.26 Å². The Morgan fingerprint density at radius 1 is 1.73 bits per heavy atom. The third kappa shape index (κ3) is 2.02. The lowest BCUT2D eigenvalue weighted by molar-refractivity contribution is 1.12. The van der Waals surface area contributed by atoms with Crippen molar-refractivity contribution in [1.29, 1.82) is 5.26 Å². The number of aryl methyl sites for hydroxylation is 1. The van der Waals surface area contributed by atoms with E-state index in [1.165, 1.54) is 0 Å². The summed E-state index contributed by atoms with van der Waals surface area (Å²) in [5, 5.41) is 8.39. The lowest BCUT2D eigenvalue weighted by Crippen LogP contribution is -1.87. The van der Waals surface area contributed by atoms with Crippen LogP contribution in [0.5, 0.6) is 0 Å². The van der Waals surface area contributed by atoms with Crippen LogP contribution in [0.1, 0.15) is 11.3 Å². The zero-order valence-corrected chi connectivity index (χ0v) is 7.72. The highest BCUT2D eigenvalue weighted by molar-refractivity contribution is 9.10. The Labute approximate surface area is 74.0 Å². The summed E-state index contributed by atoms with van der Waals surface area (Å²) >= 11 is 3.34. The molecule has 11 heavy (non-hydrogen) atoms. The molecule has 56 valence electrons. The zero-order chi connectivity index (χ0) is 8.27. The number of nitrogens with zero attached hydrogens (tertiary/aromatic N) is 2. The Morgan fingerprint density at radius 3 is 3.00 bits per heavy atom. The van der Waals surface area contributed by atoms with E-state index in [-0.39, 0.29) is 0 Å². The number of pyridine rings is 1. The fourth-order valence-electron chi connectivity index (χ4n) is 0.734. The van der Waals surface area contributed by atoms with Crippen molar-refractivity contribution in [3.05, 3.63) is 28.0 Å². The zero-order valence-electron chi connectivity index (χ0n) is 6.13. The number of nitriles is 1. The maximum absolute atomic E-state index is 8.39. The quantitative estimate of drug-likeness (QED) is 0.713. The molecule has 0 bridgehead atoms. The highest BCUT2D eigenvalue weighted by Crippen LogP contribution is 2.14. The highest BCUT2D eigenvalue weighted by Gasteiger charge is 1.97. The Bertz CT molecular complexity index is 301. The van der Waals surface area contributed by atoms with Gasteiger partial charge >= 0.3 is 0 Å². The summed E-state index contributed by atoms with van der Waals surface area (Å²) < 4.78 is 0.963. The van der Waals surface area contributed by atoms with Gasteiger partial charge in [0, 0.05) is 10.7 Å². The van der Waals surface area contributed by atoms with Crippen molar-refractivity contribution in [2.45, 2.75) is 13.3 Å². The van der Waals surface area contributed by atoms with E-state index in [0.29, 0.717) is 6.42 Å². The molecule has 0 aliphatic carbocycles. The first kappa shape index (κ1) is 8.22. The minimum Gasteiger partial charge on any atom is -0.260 e. The van der Waals surface area contributed by atoms with Crippen LogP contribution in [0.25, 0.3) is 0 Å². The maximum atomic E-state index is 8.39. The van der Waals surface area contributed by atoms with Crippen LogP contribution < -0.4 is 0 Å². The molecule has 0 aromatic carbocycles. The molecule has 3 heteroatoms. The summed E-state index contributed by atoms with van der Waals surface area (Å²) in [5.41, 5.74) is 1.90. The van der Waals surface area contributed by atoms with Gasteiger partial charge in [0.15, 0.2) is 0 Å². The molecule has 0 amide bonds. The lowest BCUT2D eigenvalue weighted by Gasteiger charge is -1.97. The van der Waals surface area contributed by atoms with Gasteiger partial charge in [-0.2, -0.15) is 5.26 Å². The van der Waals surface area contributed by atoms with Gasteiger partial charge in [-0.1, -0.05) is 0 Å². The molecule has 0 saturated heterocycles. The summed E-state index contributed by atoms with van der Waals surface area (Å²) in [6.45, 7) is 1.92. The van der Waals surface area contributed by atoms with E-state index in [0.717, 1.165) is 15.7 Å². The molecule has 1 aromatic rings. The average Bonchev–Trinajstić information content (AvgIpc) is 1.98. The van der Waals surface area contributed by atoms with Gasteiger partial charge in [0.05, 0.1) is 18.2 Å². The van der Waals surface area contributed by atoms with Gasteiger partial charge in [0.1, 0.15) is 0 Å². The fourth-order valence-corrected chi connectivity index (χ4v) is 1.13. The second-order valence-electron chi connectivity index (χ2n) is 2.25. The molecule has 0 radical (unpaired) electrons. The van der Waals surface area contributed by atoms with Gasteiger partial charge in [-0.15, -0.1) is 0 Å². The van der Waals surface area contributed by atoms with Crippen molar-refractivity contribution in [2.24, 2.45) is 0 Å². The third-order valence-corrected chi connectivity index (χ3v) is 2.17. The first-order valence-corrected chi connectivity index (χ1v) is 4.01. The normalized spacial score (nSPS) is 9.18. The minimum absolute atomic E-state index is 0.422. The fraction of sp³-hybridized carbons (Fsp3) is 0.250. The molecule has 0 aliphatic rings. The predicted octanol–water partition coefficient (Wildman–Crippen LogP) is 2.22. The molecule has 1 rings (SSSR count). The van der Waals surface area contributed by atoms with E-state index in [2.05, 4.69) is 27.0 Å². The van der Waals surface area contributed by atoms with Crippen molar-refractivity contribution in [3.63, 3.8) is 0 Å². The summed E-state index contributed by atoms with van der Waals surface area (Å²) in [6.07, 6.45) is 2.15. The smallest absolute Gasteiger partial charge is 0.0670 e. The molecule has 0 atom stereocenters. The third-order valence-electron chi connectivity index (χ3n) is 1.36. The topological polar surface area (TPSA) is 36.7 Å². The summed E-state index contributed by atoms with van der Waals surface area (Å²) in [4.78, 5) is 4.10. The highest BCUT2D eigenvalue weighted by atomic mass is 79.9. The van der Waals surface area contributed by atoms with Gasteiger partial charge in [0.25, 0.3) is 0 Å². The van der Waals surface area contributed by atoms with Crippen LogP contribution in [0.4, 0.5) is 0 Å². The predicted molar refractivity (Wildman–Crippen MR) is 46.0 cm³/mol. The van der Waals surface area contributed by atoms with E-state index in [1.807, 2.05) is 13.0 Å². The van der Waals surface area contributed by atoms with Crippen molar-refractivity contribution in [2.75, 3.05) is 0 Å². The second kappa shape index (κ2) is 3.49. The molecule has 0 N–H and O–H groups in total. The van der Waals surface area contributed by atoms with Crippen molar-refractivity contribution >= 4 is 15.9 Å². The number of hydrogen-bond donors (Lipinski definition) is 0. The molecule has 2 nitrogen and oxygen atoms in total. The number of aromatic nitrogens is 1. The summed E-state index contributed by atoms with van der Waals surface area (Å²) in [5.74, 6) is 0. The summed E-state index contributed by atoms with van der Waals surface area (Å²) in [6, 6.07) is 3.99. The van der Waals surface area contributed by atoms with Crippen molar-refractivity contribution in [3.8, 4) is 6.07 Å².